The van der Waals surface area contributed by atoms with E-state index in [1.807, 2.05) is 62.4 Å². The van der Waals surface area contributed by atoms with E-state index in [4.69, 9.17) is 4.74 Å². The molecule has 31 heavy (non-hydrogen) atoms. The van der Waals surface area contributed by atoms with Gasteiger partial charge in [-0.1, -0.05) is 49.7 Å². The van der Waals surface area contributed by atoms with Gasteiger partial charge >= 0.3 is 0 Å². The number of methoxy groups -OCH3 is 1. The molecule has 0 unspecified atom stereocenters. The predicted octanol–water partition coefficient (Wildman–Crippen LogP) is 4.57. The minimum atomic E-state index is -0.523. The molecule has 2 aromatic rings. The molecular formula is C25H34N2O3S. The Morgan fingerprint density at radius 3 is 2.48 bits per heavy atom. The van der Waals surface area contributed by atoms with E-state index in [1.165, 1.54) is 0 Å². The zero-order valence-electron chi connectivity index (χ0n) is 19.0. The van der Waals surface area contributed by atoms with Crippen molar-refractivity contribution in [2.75, 3.05) is 19.4 Å². The monoisotopic (exact) mass is 442 g/mol. The van der Waals surface area contributed by atoms with E-state index in [-0.39, 0.29) is 11.8 Å². The smallest absolute Gasteiger partial charge is 0.242 e. The first-order valence-corrected chi connectivity index (χ1v) is 11.9. The number of ether oxygens (including phenoxy) is 1. The van der Waals surface area contributed by atoms with Gasteiger partial charge < -0.3 is 15.0 Å². The maximum Gasteiger partial charge on any atom is 0.242 e. The molecule has 0 aliphatic carbocycles. The molecule has 168 valence electrons. The molecule has 0 aromatic heterocycles. The third-order valence-electron chi connectivity index (χ3n) is 5.25. The van der Waals surface area contributed by atoms with E-state index in [2.05, 4.69) is 12.2 Å². The number of carbonyl (C=O) groups excluding carboxylic acids is 2. The standard InChI is InChI=1S/C25H34N2O3S/c1-5-6-15-26-25(29)20(3)27(16-22-10-8-7-9-19(22)2)24(28)18-31-17-21-11-13-23(30-4)14-12-21/h7-14,20H,5-6,15-18H2,1-4H3,(H,26,29)/t20-/m0/s1. The molecule has 0 aliphatic rings. The molecule has 0 heterocycles. The van der Waals surface area contributed by atoms with Crippen LogP contribution in [0.5, 0.6) is 5.75 Å². The molecule has 0 saturated carbocycles. The first-order valence-electron chi connectivity index (χ1n) is 10.8. The summed E-state index contributed by atoms with van der Waals surface area (Å²) in [5.41, 5.74) is 3.31. The molecule has 2 aromatic carbocycles. The number of carbonyl (C=O) groups is 2. The summed E-state index contributed by atoms with van der Waals surface area (Å²) in [6.07, 6.45) is 1.95. The largest absolute Gasteiger partial charge is 0.497 e. The summed E-state index contributed by atoms with van der Waals surface area (Å²) in [7, 11) is 1.64. The van der Waals surface area contributed by atoms with Crippen molar-refractivity contribution in [3.05, 3.63) is 65.2 Å². The van der Waals surface area contributed by atoms with Crippen LogP contribution in [0.15, 0.2) is 48.5 Å². The van der Waals surface area contributed by atoms with Gasteiger partial charge in [-0.3, -0.25) is 9.59 Å². The van der Waals surface area contributed by atoms with Crippen molar-refractivity contribution < 1.29 is 14.3 Å². The number of aryl methyl sites for hydroxylation is 1. The van der Waals surface area contributed by atoms with Gasteiger partial charge in [0, 0.05) is 18.8 Å². The Morgan fingerprint density at radius 1 is 1.13 bits per heavy atom. The zero-order valence-corrected chi connectivity index (χ0v) is 19.8. The molecule has 2 amide bonds. The Bertz CT molecular complexity index is 839. The topological polar surface area (TPSA) is 58.6 Å². The van der Waals surface area contributed by atoms with Gasteiger partial charge in [0.2, 0.25) is 11.8 Å². The highest BCUT2D eigenvalue weighted by atomic mass is 32.2. The van der Waals surface area contributed by atoms with Crippen molar-refractivity contribution in [3.63, 3.8) is 0 Å². The molecule has 0 aliphatic heterocycles. The SMILES string of the molecule is CCCCNC(=O)[C@H](C)N(Cc1ccccc1C)C(=O)CSCc1ccc(OC)cc1. The Labute approximate surface area is 190 Å². The minimum Gasteiger partial charge on any atom is -0.497 e. The number of benzene rings is 2. The van der Waals surface area contributed by atoms with Crippen LogP contribution >= 0.6 is 11.8 Å². The number of nitrogens with one attached hydrogen (secondary N) is 1. The Morgan fingerprint density at radius 2 is 1.84 bits per heavy atom. The van der Waals surface area contributed by atoms with Crippen LogP contribution < -0.4 is 10.1 Å². The van der Waals surface area contributed by atoms with Crippen molar-refractivity contribution >= 4 is 23.6 Å². The summed E-state index contributed by atoms with van der Waals surface area (Å²) in [5.74, 6) is 1.74. The maximum atomic E-state index is 13.1. The summed E-state index contributed by atoms with van der Waals surface area (Å²) in [4.78, 5) is 27.5. The molecule has 0 bridgehead atoms. The molecule has 0 fully saturated rings. The fourth-order valence-electron chi connectivity index (χ4n) is 3.15. The summed E-state index contributed by atoms with van der Waals surface area (Å²) in [5, 5.41) is 2.96. The van der Waals surface area contributed by atoms with Crippen LogP contribution in [0.2, 0.25) is 0 Å². The lowest BCUT2D eigenvalue weighted by Gasteiger charge is -2.29. The fraction of sp³-hybridized carbons (Fsp3) is 0.440. The third kappa shape index (κ3) is 7.94. The number of hydrogen-bond acceptors (Lipinski definition) is 4. The van der Waals surface area contributed by atoms with Crippen molar-refractivity contribution in [1.29, 1.82) is 0 Å². The van der Waals surface area contributed by atoms with Crippen molar-refractivity contribution in [3.8, 4) is 5.75 Å². The first kappa shape index (κ1) is 24.8. The number of amides is 2. The summed E-state index contributed by atoms with van der Waals surface area (Å²) >= 11 is 1.56. The van der Waals surface area contributed by atoms with E-state index in [1.54, 1.807) is 23.8 Å². The summed E-state index contributed by atoms with van der Waals surface area (Å²) in [6.45, 7) is 6.99. The van der Waals surface area contributed by atoms with Gasteiger partial charge in [0.15, 0.2) is 0 Å². The molecule has 5 nitrogen and oxygen atoms in total. The minimum absolute atomic E-state index is 0.0279. The van der Waals surface area contributed by atoms with E-state index in [9.17, 15) is 9.59 Å². The number of rotatable bonds is 12. The number of unbranched alkanes of at least 4 members (excludes halogenated alkanes) is 1. The van der Waals surface area contributed by atoms with Crippen LogP contribution in [0.1, 0.15) is 43.4 Å². The maximum absolute atomic E-state index is 13.1. The second-order valence-electron chi connectivity index (χ2n) is 7.61. The van der Waals surface area contributed by atoms with Gasteiger partial charge in [-0.05, 0) is 49.1 Å². The normalized spacial score (nSPS) is 11.6. The third-order valence-corrected chi connectivity index (χ3v) is 6.24. The average Bonchev–Trinajstić information content (AvgIpc) is 2.78. The molecule has 0 saturated heterocycles. The summed E-state index contributed by atoms with van der Waals surface area (Å²) < 4.78 is 5.19. The van der Waals surface area contributed by atoms with E-state index < -0.39 is 6.04 Å². The molecule has 0 spiro atoms. The molecule has 6 heteroatoms. The predicted molar refractivity (Wildman–Crippen MR) is 128 cm³/mol. The fourth-order valence-corrected chi connectivity index (χ4v) is 4.02. The van der Waals surface area contributed by atoms with E-state index in [0.29, 0.717) is 18.8 Å². The van der Waals surface area contributed by atoms with Gasteiger partial charge in [0.05, 0.1) is 12.9 Å². The van der Waals surface area contributed by atoms with Crippen molar-refractivity contribution in [1.82, 2.24) is 10.2 Å². The molecule has 2 rings (SSSR count). The Balaban J connectivity index is 2.03. The molecular weight excluding hydrogens is 408 g/mol. The second kappa shape index (κ2) is 13.1. The Kier molecular flexibility index (Phi) is 10.4. The van der Waals surface area contributed by atoms with E-state index in [0.717, 1.165) is 41.0 Å². The van der Waals surface area contributed by atoms with Crippen molar-refractivity contribution in [2.45, 2.75) is 52.0 Å². The Hall–Kier alpha value is -2.47. The lowest BCUT2D eigenvalue weighted by Crippen LogP contribution is -2.48. The highest BCUT2D eigenvalue weighted by Crippen LogP contribution is 2.19. The lowest BCUT2D eigenvalue weighted by atomic mass is 10.1. The highest BCUT2D eigenvalue weighted by Gasteiger charge is 2.26. The average molecular weight is 443 g/mol. The van der Waals surface area contributed by atoms with Crippen LogP contribution in [0.4, 0.5) is 0 Å². The number of thioether (sulfide) groups is 1. The number of hydrogen-bond donors (Lipinski definition) is 1. The zero-order chi connectivity index (χ0) is 22.6. The molecule has 1 atom stereocenters. The second-order valence-corrected chi connectivity index (χ2v) is 8.60. The van der Waals surface area contributed by atoms with E-state index >= 15 is 0 Å². The highest BCUT2D eigenvalue weighted by molar-refractivity contribution is 7.99. The van der Waals surface area contributed by atoms with Crippen LogP contribution in [-0.4, -0.2) is 42.2 Å². The van der Waals surface area contributed by atoms with Gasteiger partial charge in [0.25, 0.3) is 0 Å². The number of nitrogens with zero attached hydrogens (tertiary/aromatic N) is 1. The first-order chi connectivity index (χ1) is 15.0. The van der Waals surface area contributed by atoms with Gasteiger partial charge in [-0.25, -0.2) is 0 Å². The van der Waals surface area contributed by atoms with Crippen LogP contribution in [0.25, 0.3) is 0 Å². The van der Waals surface area contributed by atoms with Gasteiger partial charge in [0.1, 0.15) is 11.8 Å². The lowest BCUT2D eigenvalue weighted by molar-refractivity contribution is -0.138. The van der Waals surface area contributed by atoms with Gasteiger partial charge in [-0.2, -0.15) is 0 Å². The quantitative estimate of drug-likeness (QED) is 0.489. The molecule has 0 radical (unpaired) electrons. The van der Waals surface area contributed by atoms with Crippen molar-refractivity contribution in [2.24, 2.45) is 0 Å². The van der Waals surface area contributed by atoms with Crippen LogP contribution in [-0.2, 0) is 21.9 Å². The van der Waals surface area contributed by atoms with Crippen LogP contribution in [0.3, 0.4) is 0 Å². The van der Waals surface area contributed by atoms with Gasteiger partial charge in [-0.15, -0.1) is 11.8 Å². The summed E-state index contributed by atoms with van der Waals surface area (Å²) in [6, 6.07) is 15.3. The van der Waals surface area contributed by atoms with Crippen LogP contribution in [0, 0.1) is 6.92 Å². The molecule has 1 N–H and O–H groups in total.